The maximum Gasteiger partial charge on any atom is 0.409 e. The van der Waals surface area contributed by atoms with Crippen molar-refractivity contribution >= 4 is 28.5 Å². The van der Waals surface area contributed by atoms with Crippen LogP contribution in [0.1, 0.15) is 29.7 Å². The molecule has 1 fully saturated rings. The summed E-state index contributed by atoms with van der Waals surface area (Å²) < 4.78 is 4.90. The van der Waals surface area contributed by atoms with Crippen molar-refractivity contribution in [3.63, 3.8) is 0 Å². The van der Waals surface area contributed by atoms with Crippen LogP contribution in [0.25, 0.3) is 21.9 Å². The van der Waals surface area contributed by atoms with Crippen LogP contribution in [-0.2, 0) is 21.5 Å². The van der Waals surface area contributed by atoms with Gasteiger partial charge in [-0.05, 0) is 42.8 Å². The van der Waals surface area contributed by atoms with E-state index in [2.05, 4.69) is 40.1 Å². The topological polar surface area (TPSA) is 101 Å². The summed E-state index contributed by atoms with van der Waals surface area (Å²) in [5, 5.41) is 2.05. The van der Waals surface area contributed by atoms with Crippen molar-refractivity contribution in [2.45, 2.75) is 31.7 Å². The van der Waals surface area contributed by atoms with Gasteiger partial charge in [0.2, 0.25) is 5.91 Å². The third-order valence-electron chi connectivity index (χ3n) is 7.59. The number of fused-ring (bicyclic) bond motifs is 3. The van der Waals surface area contributed by atoms with E-state index in [4.69, 9.17) is 9.72 Å². The molecule has 1 aromatic carbocycles. The molecule has 4 aromatic rings. The molecular weight excluding hydrogens is 468 g/mol. The number of anilines is 1. The molecule has 1 saturated heterocycles. The second-order valence-electron chi connectivity index (χ2n) is 9.62. The average molecular weight is 495 g/mol. The maximum absolute atomic E-state index is 14.2. The highest BCUT2D eigenvalue weighted by Crippen LogP contribution is 2.48. The first-order chi connectivity index (χ1) is 18.0. The predicted molar refractivity (Wildman–Crippen MR) is 138 cm³/mol. The number of carbonyl (C=O) groups is 2. The summed E-state index contributed by atoms with van der Waals surface area (Å²) in [6.45, 7) is 3.24. The minimum Gasteiger partial charge on any atom is -0.453 e. The molecule has 2 amide bonds. The van der Waals surface area contributed by atoms with Crippen LogP contribution in [0.15, 0.2) is 61.6 Å². The molecule has 0 N–H and O–H groups in total. The Morgan fingerprint density at radius 1 is 1.05 bits per heavy atom. The number of benzene rings is 1. The summed E-state index contributed by atoms with van der Waals surface area (Å²) in [4.78, 5) is 47.3. The van der Waals surface area contributed by atoms with Gasteiger partial charge in [-0.2, -0.15) is 0 Å². The molecule has 1 spiro atoms. The molecule has 0 atom stereocenters. The lowest BCUT2D eigenvalue weighted by Gasteiger charge is -2.37. The van der Waals surface area contributed by atoms with E-state index in [1.807, 2.05) is 12.3 Å². The Morgan fingerprint density at radius 3 is 2.59 bits per heavy atom. The lowest BCUT2D eigenvalue weighted by Crippen LogP contribution is -2.50. The fourth-order valence-corrected chi connectivity index (χ4v) is 5.73. The Hall–Kier alpha value is -4.40. The zero-order chi connectivity index (χ0) is 25.6. The monoisotopic (exact) mass is 494 g/mol. The van der Waals surface area contributed by atoms with Crippen LogP contribution >= 0.6 is 0 Å². The molecule has 2 aliphatic rings. The van der Waals surface area contributed by atoms with Crippen molar-refractivity contribution < 1.29 is 14.3 Å². The number of ether oxygens (including phenoxy) is 1. The van der Waals surface area contributed by atoms with E-state index in [-0.39, 0.29) is 18.5 Å². The Bertz CT molecular complexity index is 1520. The third kappa shape index (κ3) is 3.69. The second-order valence-corrected chi connectivity index (χ2v) is 9.62. The number of hydrogen-bond acceptors (Lipinski definition) is 7. The smallest absolute Gasteiger partial charge is 0.409 e. The maximum atomic E-state index is 14.2. The molecule has 0 bridgehead atoms. The van der Waals surface area contributed by atoms with E-state index in [1.165, 1.54) is 13.4 Å². The van der Waals surface area contributed by atoms with Crippen LogP contribution in [-0.4, -0.2) is 57.0 Å². The molecule has 2 aliphatic heterocycles. The number of aromatic nitrogens is 4. The van der Waals surface area contributed by atoms with Crippen LogP contribution in [0, 0.1) is 6.92 Å². The zero-order valence-electron chi connectivity index (χ0n) is 20.7. The molecule has 9 nitrogen and oxygen atoms in total. The lowest BCUT2D eigenvalue weighted by molar-refractivity contribution is -0.124. The molecule has 0 radical (unpaired) electrons. The standard InChI is InChI=1S/C28H26N6O3/c1-18-3-4-21-19(11-18)14-32-23(25(21)20-12-30-17-31-13-20)16-34-24-15-29-8-5-22(24)28(26(34)35)6-9-33(10-7-28)27(36)37-2/h3-5,8,11-15,17H,6-7,9-10,16H2,1-2H3. The number of likely N-dealkylation sites (tertiary alicyclic amines) is 1. The number of piperidine rings is 1. The predicted octanol–water partition coefficient (Wildman–Crippen LogP) is 4.04. The van der Waals surface area contributed by atoms with Crippen LogP contribution in [0.4, 0.5) is 10.5 Å². The number of amides is 2. The highest BCUT2D eigenvalue weighted by molar-refractivity contribution is 6.08. The van der Waals surface area contributed by atoms with Crippen molar-refractivity contribution in [2.24, 2.45) is 0 Å². The van der Waals surface area contributed by atoms with Gasteiger partial charge in [-0.25, -0.2) is 14.8 Å². The van der Waals surface area contributed by atoms with E-state index in [9.17, 15) is 9.59 Å². The van der Waals surface area contributed by atoms with Gasteiger partial charge >= 0.3 is 6.09 Å². The largest absolute Gasteiger partial charge is 0.453 e. The van der Waals surface area contributed by atoms with Gasteiger partial charge in [0.1, 0.15) is 6.33 Å². The van der Waals surface area contributed by atoms with Gasteiger partial charge in [-0.15, -0.1) is 0 Å². The average Bonchev–Trinajstić information content (AvgIpc) is 3.16. The van der Waals surface area contributed by atoms with Crippen molar-refractivity contribution in [3.05, 3.63) is 78.4 Å². The van der Waals surface area contributed by atoms with Gasteiger partial charge in [0.25, 0.3) is 0 Å². The summed E-state index contributed by atoms with van der Waals surface area (Å²) >= 11 is 0. The van der Waals surface area contributed by atoms with Crippen LogP contribution in [0.3, 0.4) is 0 Å². The quantitative estimate of drug-likeness (QED) is 0.424. The number of pyridine rings is 2. The first-order valence-corrected chi connectivity index (χ1v) is 12.2. The molecule has 3 aromatic heterocycles. The van der Waals surface area contributed by atoms with Crippen LogP contribution in [0.2, 0.25) is 0 Å². The van der Waals surface area contributed by atoms with Crippen LogP contribution < -0.4 is 4.90 Å². The summed E-state index contributed by atoms with van der Waals surface area (Å²) in [7, 11) is 1.38. The van der Waals surface area contributed by atoms with E-state index in [0.717, 1.165) is 44.4 Å². The van der Waals surface area contributed by atoms with Crippen LogP contribution in [0.5, 0.6) is 0 Å². The Balaban J connectivity index is 1.42. The fraction of sp³-hybridized carbons (Fsp3) is 0.286. The first kappa shape index (κ1) is 23.0. The molecular formula is C28H26N6O3. The lowest BCUT2D eigenvalue weighted by atomic mass is 9.74. The molecule has 0 unspecified atom stereocenters. The number of hydrogen-bond donors (Lipinski definition) is 0. The van der Waals surface area contributed by atoms with Gasteiger partial charge in [0.15, 0.2) is 0 Å². The molecule has 0 aliphatic carbocycles. The normalized spacial score (nSPS) is 16.3. The Labute approximate surface area is 214 Å². The zero-order valence-corrected chi connectivity index (χ0v) is 20.7. The number of aryl methyl sites for hydroxylation is 1. The highest BCUT2D eigenvalue weighted by Gasteiger charge is 2.52. The van der Waals surface area contributed by atoms with Gasteiger partial charge in [0.05, 0.1) is 36.6 Å². The summed E-state index contributed by atoms with van der Waals surface area (Å²) in [6, 6.07) is 8.19. The Morgan fingerprint density at radius 2 is 1.84 bits per heavy atom. The number of carbonyl (C=O) groups excluding carboxylic acids is 2. The molecule has 6 rings (SSSR count). The van der Waals surface area contributed by atoms with Gasteiger partial charge in [-0.3, -0.25) is 14.8 Å². The number of methoxy groups -OCH3 is 1. The second kappa shape index (κ2) is 8.92. The summed E-state index contributed by atoms with van der Waals surface area (Å²) in [6.07, 6.45) is 11.1. The van der Waals surface area contributed by atoms with Crippen molar-refractivity contribution in [1.82, 2.24) is 24.8 Å². The van der Waals surface area contributed by atoms with Crippen molar-refractivity contribution in [2.75, 3.05) is 25.1 Å². The Kier molecular flexibility index (Phi) is 5.55. The summed E-state index contributed by atoms with van der Waals surface area (Å²) in [5.41, 5.74) is 4.72. The first-order valence-electron chi connectivity index (χ1n) is 12.2. The molecule has 5 heterocycles. The molecule has 0 saturated carbocycles. The van der Waals surface area contributed by atoms with E-state index in [1.54, 1.807) is 34.6 Å². The molecule has 37 heavy (non-hydrogen) atoms. The SMILES string of the molecule is COC(=O)N1CCC2(CC1)C(=O)N(Cc1ncc3cc(C)ccc3c1-c1cncnc1)c1cnccc12. The summed E-state index contributed by atoms with van der Waals surface area (Å²) in [5.74, 6) is 0.0149. The van der Waals surface area contributed by atoms with Gasteiger partial charge < -0.3 is 14.5 Å². The van der Waals surface area contributed by atoms with E-state index in [0.29, 0.717) is 25.9 Å². The van der Waals surface area contributed by atoms with Gasteiger partial charge in [0, 0.05) is 54.4 Å². The van der Waals surface area contributed by atoms with Gasteiger partial charge in [-0.1, -0.05) is 17.7 Å². The van der Waals surface area contributed by atoms with Crippen molar-refractivity contribution in [3.8, 4) is 11.1 Å². The fourth-order valence-electron chi connectivity index (χ4n) is 5.73. The van der Waals surface area contributed by atoms with Crippen molar-refractivity contribution in [1.29, 1.82) is 0 Å². The highest BCUT2D eigenvalue weighted by atomic mass is 16.5. The minimum absolute atomic E-state index is 0.0149. The van der Waals surface area contributed by atoms with E-state index >= 15 is 0 Å². The van der Waals surface area contributed by atoms with E-state index < -0.39 is 5.41 Å². The molecule has 186 valence electrons. The minimum atomic E-state index is -0.702. The molecule has 9 heteroatoms. The third-order valence-corrected chi connectivity index (χ3v) is 7.59. The number of rotatable bonds is 3. The number of nitrogens with zero attached hydrogens (tertiary/aromatic N) is 6.